The zero-order valence-electron chi connectivity index (χ0n) is 18.1. The van der Waals surface area contributed by atoms with Crippen LogP contribution in [0.15, 0.2) is 30.5 Å². The zero-order valence-corrected chi connectivity index (χ0v) is 18.1. The summed E-state index contributed by atoms with van der Waals surface area (Å²) in [6.07, 6.45) is 9.76. The highest BCUT2D eigenvalue weighted by Crippen LogP contribution is 2.58. The number of hydrogen-bond donors (Lipinski definition) is 2. The number of alkyl carbamates (subject to hydrolysis) is 1. The molecular formula is C24H28N4O3. The molecule has 1 aliphatic heterocycles. The molecule has 1 unspecified atom stereocenters. The first-order valence-electron chi connectivity index (χ1n) is 10.6. The van der Waals surface area contributed by atoms with Gasteiger partial charge in [0.2, 0.25) is 5.91 Å². The third-order valence-corrected chi connectivity index (χ3v) is 6.41. The van der Waals surface area contributed by atoms with Crippen LogP contribution < -0.4 is 5.32 Å². The minimum Gasteiger partial charge on any atom is -0.453 e. The van der Waals surface area contributed by atoms with Gasteiger partial charge in [-0.05, 0) is 48.3 Å². The molecule has 2 atom stereocenters. The number of benzene rings is 1. The molecule has 7 heteroatoms. The van der Waals surface area contributed by atoms with E-state index in [2.05, 4.69) is 21.2 Å². The van der Waals surface area contributed by atoms with Crippen LogP contribution in [-0.2, 0) is 9.53 Å². The monoisotopic (exact) mass is 420 g/mol. The minimum absolute atomic E-state index is 0.0650. The van der Waals surface area contributed by atoms with Gasteiger partial charge in [-0.2, -0.15) is 0 Å². The fraction of sp³-hybridized carbons (Fsp3) is 0.458. The number of nitrogens with zero attached hydrogens (tertiary/aromatic N) is 2. The number of nitrogens with one attached hydrogen (secondary N) is 2. The van der Waals surface area contributed by atoms with Crippen molar-refractivity contribution in [1.82, 2.24) is 20.2 Å². The van der Waals surface area contributed by atoms with Gasteiger partial charge in [0.25, 0.3) is 0 Å². The quantitative estimate of drug-likeness (QED) is 0.725. The number of ether oxygens (including phenoxy) is 1. The number of aromatic amines is 1. The fourth-order valence-electron chi connectivity index (χ4n) is 4.35. The number of hydrogen-bond acceptors (Lipinski definition) is 4. The van der Waals surface area contributed by atoms with Crippen molar-refractivity contribution in [1.29, 1.82) is 0 Å². The molecule has 2 heterocycles. The number of terminal acetylenes is 1. The van der Waals surface area contributed by atoms with Crippen LogP contribution in [-0.4, -0.2) is 46.6 Å². The molecule has 0 radical (unpaired) electrons. The number of methoxy groups -OCH3 is 1. The van der Waals surface area contributed by atoms with Gasteiger partial charge in [0.15, 0.2) is 0 Å². The molecule has 1 aliphatic carbocycles. The lowest BCUT2D eigenvalue weighted by Gasteiger charge is -2.30. The Labute approximate surface area is 182 Å². The second-order valence-corrected chi connectivity index (χ2v) is 8.95. The molecule has 1 spiro atoms. The normalized spacial score (nSPS) is 19.8. The Morgan fingerprint density at radius 2 is 2.03 bits per heavy atom. The van der Waals surface area contributed by atoms with Gasteiger partial charge in [0, 0.05) is 12.1 Å². The summed E-state index contributed by atoms with van der Waals surface area (Å²) in [6, 6.07) is 6.92. The number of carbonyl (C=O) groups is 2. The largest absolute Gasteiger partial charge is 0.453 e. The molecule has 2 aliphatic rings. The van der Waals surface area contributed by atoms with Crippen molar-refractivity contribution in [2.75, 3.05) is 13.7 Å². The van der Waals surface area contributed by atoms with Crippen LogP contribution in [0.1, 0.15) is 50.5 Å². The Morgan fingerprint density at radius 3 is 2.61 bits per heavy atom. The zero-order chi connectivity index (χ0) is 22.2. The van der Waals surface area contributed by atoms with Gasteiger partial charge in [-0.15, -0.1) is 6.42 Å². The highest BCUT2D eigenvalue weighted by Gasteiger charge is 2.55. The molecule has 2 aromatic rings. The van der Waals surface area contributed by atoms with E-state index in [1.54, 1.807) is 6.20 Å². The molecule has 162 valence electrons. The Bertz CT molecular complexity index is 1010. The number of likely N-dealkylation sites (tertiary alicyclic amines) is 1. The Kier molecular flexibility index (Phi) is 5.48. The van der Waals surface area contributed by atoms with Crippen molar-refractivity contribution in [2.45, 2.75) is 45.2 Å². The predicted molar refractivity (Wildman–Crippen MR) is 117 cm³/mol. The van der Waals surface area contributed by atoms with E-state index in [1.807, 2.05) is 43.0 Å². The SMILES string of the molecule is C#Cc1ccc(-c2cnc([C@@H]3CC4(CC4)CN3C(=O)C(NC(=O)OC)C(C)C)[nH]2)cc1. The molecule has 1 aromatic heterocycles. The van der Waals surface area contributed by atoms with Crippen LogP contribution in [0.2, 0.25) is 0 Å². The topological polar surface area (TPSA) is 87.3 Å². The first kappa shape index (κ1) is 21.0. The summed E-state index contributed by atoms with van der Waals surface area (Å²) < 4.78 is 4.73. The van der Waals surface area contributed by atoms with E-state index in [1.165, 1.54) is 7.11 Å². The molecule has 0 bridgehead atoms. The first-order chi connectivity index (χ1) is 14.9. The number of aromatic nitrogens is 2. The molecule has 31 heavy (non-hydrogen) atoms. The minimum atomic E-state index is -0.644. The molecule has 1 saturated heterocycles. The van der Waals surface area contributed by atoms with E-state index in [0.717, 1.165) is 41.9 Å². The third-order valence-electron chi connectivity index (χ3n) is 6.41. The van der Waals surface area contributed by atoms with E-state index in [-0.39, 0.29) is 23.3 Å². The van der Waals surface area contributed by atoms with E-state index >= 15 is 0 Å². The predicted octanol–water partition coefficient (Wildman–Crippen LogP) is 3.49. The molecule has 2 fully saturated rings. The number of amides is 2. The van der Waals surface area contributed by atoms with Crippen LogP contribution in [0, 0.1) is 23.7 Å². The van der Waals surface area contributed by atoms with Crippen LogP contribution in [0.4, 0.5) is 4.79 Å². The molecule has 2 amide bonds. The van der Waals surface area contributed by atoms with E-state index in [0.29, 0.717) is 6.54 Å². The summed E-state index contributed by atoms with van der Waals surface area (Å²) in [5.74, 6) is 3.23. The second-order valence-electron chi connectivity index (χ2n) is 8.95. The maximum Gasteiger partial charge on any atom is 0.407 e. The van der Waals surface area contributed by atoms with Crippen molar-refractivity contribution >= 4 is 12.0 Å². The van der Waals surface area contributed by atoms with Crippen molar-refractivity contribution < 1.29 is 14.3 Å². The maximum atomic E-state index is 13.5. The van der Waals surface area contributed by atoms with Crippen LogP contribution in [0.25, 0.3) is 11.3 Å². The number of imidazole rings is 1. The maximum absolute atomic E-state index is 13.5. The van der Waals surface area contributed by atoms with E-state index in [9.17, 15) is 9.59 Å². The van der Waals surface area contributed by atoms with Crippen LogP contribution in [0.3, 0.4) is 0 Å². The van der Waals surface area contributed by atoms with E-state index < -0.39 is 12.1 Å². The summed E-state index contributed by atoms with van der Waals surface area (Å²) in [5.41, 5.74) is 2.87. The summed E-state index contributed by atoms with van der Waals surface area (Å²) in [7, 11) is 1.30. The van der Waals surface area contributed by atoms with Gasteiger partial charge in [-0.25, -0.2) is 9.78 Å². The first-order valence-corrected chi connectivity index (χ1v) is 10.6. The standard InChI is InChI=1S/C24H28N4O3/c1-5-16-6-8-17(9-7-16)18-13-25-21(26-18)19-12-24(10-11-24)14-28(19)22(29)20(15(2)3)27-23(30)31-4/h1,6-9,13,15,19-20H,10-12,14H2,2-4H3,(H,25,26)(H,27,30)/t19-,20?/m0/s1. The van der Waals surface area contributed by atoms with Crippen molar-refractivity contribution in [2.24, 2.45) is 11.3 Å². The van der Waals surface area contributed by atoms with Crippen LogP contribution >= 0.6 is 0 Å². The lowest BCUT2D eigenvalue weighted by atomic mass is 10.0. The number of rotatable bonds is 5. The van der Waals surface area contributed by atoms with Crippen molar-refractivity contribution in [3.05, 3.63) is 41.9 Å². The second kappa shape index (κ2) is 8.10. The molecule has 4 rings (SSSR count). The number of carbonyl (C=O) groups excluding carboxylic acids is 2. The highest BCUT2D eigenvalue weighted by molar-refractivity contribution is 5.86. The summed E-state index contributed by atoms with van der Waals surface area (Å²) in [5, 5.41) is 2.71. The Balaban J connectivity index is 1.59. The van der Waals surface area contributed by atoms with Gasteiger partial charge in [0.1, 0.15) is 11.9 Å². The average molecular weight is 421 g/mol. The van der Waals surface area contributed by atoms with Crippen LogP contribution in [0.5, 0.6) is 0 Å². The molecule has 1 aromatic carbocycles. The van der Waals surface area contributed by atoms with Gasteiger partial charge >= 0.3 is 6.09 Å². The smallest absolute Gasteiger partial charge is 0.407 e. The average Bonchev–Trinajstić information content (AvgIpc) is 3.18. The van der Waals surface area contributed by atoms with Gasteiger partial charge in [-0.3, -0.25) is 4.79 Å². The summed E-state index contributed by atoms with van der Waals surface area (Å²) >= 11 is 0. The molecule has 7 nitrogen and oxygen atoms in total. The molecule has 2 N–H and O–H groups in total. The summed E-state index contributed by atoms with van der Waals surface area (Å²) in [6.45, 7) is 4.53. The summed E-state index contributed by atoms with van der Waals surface area (Å²) in [4.78, 5) is 35.2. The lowest BCUT2D eigenvalue weighted by Crippen LogP contribution is -2.51. The van der Waals surface area contributed by atoms with E-state index in [4.69, 9.17) is 11.2 Å². The van der Waals surface area contributed by atoms with Gasteiger partial charge in [-0.1, -0.05) is 31.9 Å². The third kappa shape index (κ3) is 4.15. The van der Waals surface area contributed by atoms with Crippen molar-refractivity contribution in [3.8, 4) is 23.6 Å². The van der Waals surface area contributed by atoms with Gasteiger partial charge in [0.05, 0.1) is 25.0 Å². The number of H-pyrrole nitrogens is 1. The van der Waals surface area contributed by atoms with Crippen molar-refractivity contribution in [3.63, 3.8) is 0 Å². The molecule has 1 saturated carbocycles. The van der Waals surface area contributed by atoms with Gasteiger partial charge < -0.3 is 19.9 Å². The lowest BCUT2D eigenvalue weighted by molar-refractivity contribution is -0.135. The highest BCUT2D eigenvalue weighted by atomic mass is 16.5. The Hall–Kier alpha value is -3.27. The Morgan fingerprint density at radius 1 is 1.32 bits per heavy atom. The molecular weight excluding hydrogens is 392 g/mol. The fourth-order valence-corrected chi connectivity index (χ4v) is 4.35.